The normalized spacial score (nSPS) is 11.2. The van der Waals surface area contributed by atoms with Crippen molar-refractivity contribution in [3.05, 3.63) is 76.3 Å². The fraction of sp³-hybridized carbons (Fsp3) is 0.0556. The third-order valence-corrected chi connectivity index (χ3v) is 3.83. The second-order valence-corrected chi connectivity index (χ2v) is 5.96. The van der Waals surface area contributed by atoms with E-state index < -0.39 is 17.8 Å². The summed E-state index contributed by atoms with van der Waals surface area (Å²) in [7, 11) is 0. The minimum absolute atomic E-state index is 0.0210. The molecule has 0 radical (unpaired) electrons. The Balaban J connectivity index is 1.64. The van der Waals surface area contributed by atoms with Gasteiger partial charge in [0.25, 0.3) is 5.91 Å². The van der Waals surface area contributed by atoms with Crippen molar-refractivity contribution in [2.75, 3.05) is 0 Å². The minimum atomic E-state index is -0.992. The van der Waals surface area contributed by atoms with Gasteiger partial charge in [-0.1, -0.05) is 35.0 Å². The molecule has 0 saturated heterocycles. The Labute approximate surface area is 168 Å². The lowest BCUT2D eigenvalue weighted by molar-refractivity contribution is 0.0909. The van der Waals surface area contributed by atoms with Crippen LogP contribution in [0.1, 0.15) is 21.7 Å². The van der Waals surface area contributed by atoms with E-state index in [1.165, 1.54) is 12.1 Å². The van der Waals surface area contributed by atoms with Gasteiger partial charge in [0.2, 0.25) is 0 Å². The Bertz CT molecular complexity index is 1070. The van der Waals surface area contributed by atoms with Crippen LogP contribution in [0.3, 0.4) is 0 Å². The van der Waals surface area contributed by atoms with Crippen molar-refractivity contribution in [3.8, 4) is 0 Å². The van der Waals surface area contributed by atoms with E-state index in [9.17, 15) is 14.0 Å². The first-order valence-electron chi connectivity index (χ1n) is 8.08. The zero-order valence-electron chi connectivity index (χ0n) is 14.6. The van der Waals surface area contributed by atoms with Gasteiger partial charge in [-0.2, -0.15) is 0 Å². The van der Waals surface area contributed by atoms with Crippen LogP contribution in [-0.2, 0) is 11.3 Å². The summed E-state index contributed by atoms with van der Waals surface area (Å²) in [5.41, 5.74) is 6.52. The molecule has 0 aliphatic carbocycles. The number of imide groups is 1. The number of carbonyl (C=O) groups is 2. The zero-order chi connectivity index (χ0) is 20.8. The van der Waals surface area contributed by atoms with Crippen molar-refractivity contribution in [2.45, 2.75) is 6.61 Å². The zero-order valence-corrected chi connectivity index (χ0v) is 15.4. The molecule has 29 heavy (non-hydrogen) atoms. The van der Waals surface area contributed by atoms with Crippen molar-refractivity contribution < 1.29 is 23.3 Å². The number of carbonyl (C=O) groups excluding carboxylic acids is 2. The van der Waals surface area contributed by atoms with Gasteiger partial charge in [0.15, 0.2) is 17.2 Å². The summed E-state index contributed by atoms with van der Waals surface area (Å²) in [5.74, 6) is -1.34. The molecule has 148 valence electrons. The molecule has 2 aromatic carbocycles. The Morgan fingerprint density at radius 1 is 1.21 bits per heavy atom. The minimum Gasteiger partial charge on any atom is -0.442 e. The van der Waals surface area contributed by atoms with Gasteiger partial charge < -0.3 is 10.5 Å². The van der Waals surface area contributed by atoms with E-state index in [-0.39, 0.29) is 34.5 Å². The van der Waals surface area contributed by atoms with E-state index in [1.807, 2.05) is 0 Å². The molecule has 0 fully saturated rings. The molecule has 3 aromatic rings. The third-order valence-electron chi connectivity index (χ3n) is 3.54. The van der Waals surface area contributed by atoms with Gasteiger partial charge >= 0.3 is 6.09 Å². The smallest absolute Gasteiger partial charge is 0.414 e. The Morgan fingerprint density at radius 2 is 1.97 bits per heavy atom. The molecule has 9 nitrogen and oxygen atoms in total. The van der Waals surface area contributed by atoms with Crippen molar-refractivity contribution in [2.24, 2.45) is 10.7 Å². The fourth-order valence-corrected chi connectivity index (χ4v) is 2.34. The fourth-order valence-electron chi connectivity index (χ4n) is 2.17. The molecule has 3 N–H and O–H groups in total. The van der Waals surface area contributed by atoms with Crippen molar-refractivity contribution in [3.63, 3.8) is 0 Å². The van der Waals surface area contributed by atoms with E-state index in [0.29, 0.717) is 5.56 Å². The summed E-state index contributed by atoms with van der Waals surface area (Å²) in [6, 6.07) is 11.9. The maximum atomic E-state index is 13.2. The molecule has 0 spiro atoms. The molecular weight excluding hydrogens is 405 g/mol. The number of hydrogen-bond donors (Lipinski definition) is 2. The number of aliphatic imine (C=N–C) groups is 1. The van der Waals surface area contributed by atoms with E-state index in [1.54, 1.807) is 30.3 Å². The molecule has 0 aliphatic heterocycles. The number of nitrogens with one attached hydrogen (secondary N) is 1. The van der Waals surface area contributed by atoms with Crippen molar-refractivity contribution in [1.29, 1.82) is 0 Å². The molecule has 1 heterocycles. The van der Waals surface area contributed by atoms with Crippen LogP contribution in [0.2, 0.25) is 5.02 Å². The van der Waals surface area contributed by atoms with Gasteiger partial charge in [-0.15, -0.1) is 0 Å². The molecule has 11 heteroatoms. The Morgan fingerprint density at radius 3 is 2.69 bits per heavy atom. The summed E-state index contributed by atoms with van der Waals surface area (Å²) in [6.45, 7) is -0.382. The summed E-state index contributed by atoms with van der Waals surface area (Å²) in [6.07, 6.45) is -0.992. The topological polar surface area (TPSA) is 133 Å². The predicted octanol–water partition coefficient (Wildman–Crippen LogP) is 2.97. The second-order valence-electron chi connectivity index (χ2n) is 5.55. The Kier molecular flexibility index (Phi) is 6.15. The van der Waals surface area contributed by atoms with Crippen LogP contribution in [0.4, 0.5) is 14.9 Å². The van der Waals surface area contributed by atoms with E-state index in [2.05, 4.69) is 25.3 Å². The average molecular weight is 418 g/mol. The highest BCUT2D eigenvalue weighted by molar-refractivity contribution is 6.31. The van der Waals surface area contributed by atoms with Crippen LogP contribution in [0.5, 0.6) is 0 Å². The molecule has 3 rings (SSSR count). The lowest BCUT2D eigenvalue weighted by Gasteiger charge is -2.05. The van der Waals surface area contributed by atoms with E-state index in [0.717, 1.165) is 6.07 Å². The number of aromatic nitrogens is 2. The largest absolute Gasteiger partial charge is 0.442 e. The highest BCUT2D eigenvalue weighted by Crippen LogP contribution is 2.22. The molecule has 0 atom stereocenters. The van der Waals surface area contributed by atoms with Gasteiger partial charge in [-0.05, 0) is 35.5 Å². The van der Waals surface area contributed by atoms with Gasteiger partial charge in [0.1, 0.15) is 12.4 Å². The standard InChI is InChI=1S/C18H13ClFN5O4/c19-12-8-11(6-7-13(12)20)22-16(21)15-14(24-29-25-15)9-28-18(27)23-17(26)10-4-2-1-3-5-10/h1-8H,9H2,(H2,21,22)(H,23,26,27). The first-order valence-corrected chi connectivity index (χ1v) is 8.46. The molecule has 1 aromatic heterocycles. The van der Waals surface area contributed by atoms with E-state index >= 15 is 0 Å². The maximum absolute atomic E-state index is 13.2. The van der Waals surface area contributed by atoms with Gasteiger partial charge in [0.05, 0.1) is 10.7 Å². The molecular formula is C18H13ClFN5O4. The van der Waals surface area contributed by atoms with Crippen molar-refractivity contribution >= 4 is 35.1 Å². The number of benzene rings is 2. The lowest BCUT2D eigenvalue weighted by Crippen LogP contribution is -2.31. The monoisotopic (exact) mass is 417 g/mol. The van der Waals surface area contributed by atoms with Gasteiger partial charge in [-0.3, -0.25) is 10.1 Å². The van der Waals surface area contributed by atoms with E-state index in [4.69, 9.17) is 22.1 Å². The number of ether oxygens (including phenoxy) is 1. The van der Waals surface area contributed by atoms with Crippen LogP contribution >= 0.6 is 11.6 Å². The number of amidine groups is 1. The first-order chi connectivity index (χ1) is 13.9. The number of nitrogens with zero attached hydrogens (tertiary/aromatic N) is 3. The summed E-state index contributed by atoms with van der Waals surface area (Å²) in [4.78, 5) is 27.8. The van der Waals surface area contributed by atoms with Crippen LogP contribution in [-0.4, -0.2) is 28.1 Å². The number of hydrogen-bond acceptors (Lipinski definition) is 7. The van der Waals surface area contributed by atoms with Crippen LogP contribution < -0.4 is 11.1 Å². The lowest BCUT2D eigenvalue weighted by atomic mass is 10.2. The van der Waals surface area contributed by atoms with Crippen molar-refractivity contribution in [1.82, 2.24) is 15.6 Å². The third kappa shape index (κ3) is 5.14. The second kappa shape index (κ2) is 8.93. The first kappa shape index (κ1) is 20.0. The SMILES string of the molecule is NC(=Nc1ccc(F)c(Cl)c1)c1nonc1COC(=O)NC(=O)c1ccccc1. The summed E-state index contributed by atoms with van der Waals surface area (Å²) >= 11 is 5.70. The average Bonchev–Trinajstić information content (AvgIpc) is 3.19. The highest BCUT2D eigenvalue weighted by atomic mass is 35.5. The molecule has 0 aliphatic rings. The molecule has 0 bridgehead atoms. The quantitative estimate of drug-likeness (QED) is 0.481. The maximum Gasteiger partial charge on any atom is 0.414 e. The number of nitrogens with two attached hydrogens (primary N) is 1. The number of alkyl carbamates (subject to hydrolysis) is 1. The number of amides is 2. The number of rotatable bonds is 5. The van der Waals surface area contributed by atoms with Gasteiger partial charge in [0, 0.05) is 5.56 Å². The highest BCUT2D eigenvalue weighted by Gasteiger charge is 2.17. The predicted molar refractivity (Wildman–Crippen MR) is 100 cm³/mol. The van der Waals surface area contributed by atoms with Crippen LogP contribution in [0, 0.1) is 5.82 Å². The number of halogens is 2. The van der Waals surface area contributed by atoms with Crippen LogP contribution in [0.15, 0.2) is 58.2 Å². The van der Waals surface area contributed by atoms with Gasteiger partial charge in [-0.25, -0.2) is 18.8 Å². The summed E-state index contributed by atoms with van der Waals surface area (Å²) < 4.78 is 22.8. The molecule has 0 saturated carbocycles. The van der Waals surface area contributed by atoms with Crippen LogP contribution in [0.25, 0.3) is 0 Å². The summed E-state index contributed by atoms with van der Waals surface area (Å²) in [5, 5.41) is 9.15. The molecule has 0 unspecified atom stereocenters. The Hall–Kier alpha value is -3.79. The molecule has 2 amide bonds.